The van der Waals surface area contributed by atoms with Gasteiger partial charge in [-0.25, -0.2) is 0 Å². The van der Waals surface area contributed by atoms with Gasteiger partial charge < -0.3 is 24.7 Å². The minimum absolute atomic E-state index is 0.0171. The molecule has 0 bridgehead atoms. The number of ether oxygens (including phenoxy) is 2. The average molecular weight is 623 g/mol. The van der Waals surface area contributed by atoms with Crippen molar-refractivity contribution in [2.45, 2.75) is 63.1 Å². The lowest BCUT2D eigenvalue weighted by Crippen LogP contribution is -2.54. The molecule has 6 nitrogen and oxygen atoms in total. The maximum absolute atomic E-state index is 13.6. The number of benzene rings is 2. The molecule has 2 N–H and O–H groups in total. The normalized spacial score (nSPS) is 21.5. The van der Waals surface area contributed by atoms with Crippen LogP contribution < -0.4 is 15.4 Å². The van der Waals surface area contributed by atoms with Crippen LogP contribution in [-0.4, -0.2) is 67.2 Å². The molecule has 2 aromatic carbocycles. The Labute approximate surface area is 252 Å². The third kappa shape index (κ3) is 7.38. The number of morpholine rings is 1. The Morgan fingerprint density at radius 3 is 2.39 bits per heavy atom. The van der Waals surface area contributed by atoms with E-state index in [2.05, 4.69) is 34.3 Å². The number of nitrogens with one attached hydrogen (secondary N) is 2. The molecule has 1 aliphatic heterocycles. The number of anilines is 2. The summed E-state index contributed by atoms with van der Waals surface area (Å²) < 4.78 is 91.8. The number of aromatic nitrogens is 1. The third-order valence-corrected chi connectivity index (χ3v) is 8.59. The van der Waals surface area contributed by atoms with Crippen molar-refractivity contribution < 1.29 is 35.8 Å². The van der Waals surface area contributed by atoms with Gasteiger partial charge in [0.25, 0.3) is 0 Å². The molecule has 2 fully saturated rings. The van der Waals surface area contributed by atoms with Crippen molar-refractivity contribution in [3.05, 3.63) is 53.7 Å². The highest BCUT2D eigenvalue weighted by Crippen LogP contribution is 2.37. The van der Waals surface area contributed by atoms with E-state index in [0.717, 1.165) is 74.4 Å². The summed E-state index contributed by atoms with van der Waals surface area (Å²) >= 11 is 0. The van der Waals surface area contributed by atoms with Crippen LogP contribution in [0.25, 0.3) is 10.9 Å². The van der Waals surface area contributed by atoms with E-state index in [1.807, 2.05) is 6.07 Å². The number of nitrogens with zero attached hydrogens (tertiary/aromatic N) is 2. The monoisotopic (exact) mass is 622 g/mol. The van der Waals surface area contributed by atoms with Gasteiger partial charge in [0.1, 0.15) is 12.3 Å². The van der Waals surface area contributed by atoms with Gasteiger partial charge in [-0.15, -0.1) is 0 Å². The summed E-state index contributed by atoms with van der Waals surface area (Å²) in [4.78, 5) is 2.51. The third-order valence-electron chi connectivity index (χ3n) is 8.59. The lowest BCUT2D eigenvalue weighted by Gasteiger charge is -2.47. The van der Waals surface area contributed by atoms with Gasteiger partial charge in [-0.05, 0) is 74.9 Å². The number of rotatable bonds is 7. The van der Waals surface area contributed by atoms with Gasteiger partial charge in [0.15, 0.2) is 0 Å². The van der Waals surface area contributed by atoms with Gasteiger partial charge in [-0.3, -0.25) is 4.90 Å². The molecule has 1 aromatic heterocycles. The molecule has 0 radical (unpaired) electrons. The number of fused-ring (bicyclic) bond motifs is 1. The van der Waals surface area contributed by atoms with E-state index in [4.69, 9.17) is 9.47 Å². The van der Waals surface area contributed by atoms with Crippen LogP contribution >= 0.6 is 0 Å². The van der Waals surface area contributed by atoms with E-state index in [0.29, 0.717) is 10.9 Å². The zero-order valence-electron chi connectivity index (χ0n) is 24.7. The van der Waals surface area contributed by atoms with Gasteiger partial charge in [0.2, 0.25) is 0 Å². The molecular formula is C32H36F6N4O2. The van der Waals surface area contributed by atoms with Gasteiger partial charge in [0, 0.05) is 35.7 Å². The molecule has 1 saturated carbocycles. The van der Waals surface area contributed by atoms with Crippen LogP contribution in [0.5, 0.6) is 5.75 Å². The van der Waals surface area contributed by atoms with Crippen molar-refractivity contribution >= 4 is 22.3 Å². The van der Waals surface area contributed by atoms with Crippen molar-refractivity contribution in [1.29, 1.82) is 0 Å². The first-order chi connectivity index (χ1) is 20.9. The Hall–Kier alpha value is -3.56. The van der Waals surface area contributed by atoms with Gasteiger partial charge in [-0.1, -0.05) is 12.0 Å². The van der Waals surface area contributed by atoms with Crippen LogP contribution in [0.2, 0.25) is 0 Å². The fourth-order valence-electron chi connectivity index (χ4n) is 6.17. The Bertz CT molecular complexity index is 1510. The number of hydrogen-bond donors (Lipinski definition) is 2. The zero-order valence-corrected chi connectivity index (χ0v) is 24.7. The lowest BCUT2D eigenvalue weighted by molar-refractivity contribution is -0.140. The van der Waals surface area contributed by atoms with E-state index in [1.54, 1.807) is 18.2 Å². The quantitative estimate of drug-likeness (QED) is 0.217. The second kappa shape index (κ2) is 12.8. The summed E-state index contributed by atoms with van der Waals surface area (Å²) in [7, 11) is 1.25. The first kappa shape index (κ1) is 31.9. The van der Waals surface area contributed by atoms with Crippen molar-refractivity contribution in [3.63, 3.8) is 0 Å². The molecule has 12 heteroatoms. The second-order valence-corrected chi connectivity index (χ2v) is 11.6. The van der Waals surface area contributed by atoms with Crippen LogP contribution in [0.3, 0.4) is 0 Å². The smallest absolute Gasteiger partial charge is 0.416 e. The van der Waals surface area contributed by atoms with Crippen LogP contribution in [0, 0.1) is 11.8 Å². The number of hydrogen-bond acceptors (Lipinski definition) is 5. The molecule has 3 aromatic rings. The van der Waals surface area contributed by atoms with E-state index in [-0.39, 0.29) is 35.3 Å². The van der Waals surface area contributed by atoms with Crippen LogP contribution in [0.1, 0.15) is 43.9 Å². The molecule has 2 heterocycles. The van der Waals surface area contributed by atoms with Crippen molar-refractivity contribution in [2.24, 2.45) is 0 Å². The molecule has 0 spiro atoms. The summed E-state index contributed by atoms with van der Waals surface area (Å²) in [5.41, 5.74) is 0.921. The van der Waals surface area contributed by atoms with Crippen molar-refractivity contribution in [2.75, 3.05) is 50.6 Å². The molecule has 1 saturated heterocycles. The minimum Gasteiger partial charge on any atom is -0.495 e. The molecule has 2 aliphatic rings. The predicted octanol–water partition coefficient (Wildman–Crippen LogP) is 7.14. The van der Waals surface area contributed by atoms with Gasteiger partial charge in [0.05, 0.1) is 49.3 Å². The van der Waals surface area contributed by atoms with E-state index in [9.17, 15) is 26.3 Å². The predicted molar refractivity (Wildman–Crippen MR) is 158 cm³/mol. The molecule has 44 heavy (non-hydrogen) atoms. The minimum atomic E-state index is -4.52. The van der Waals surface area contributed by atoms with E-state index in [1.165, 1.54) is 13.2 Å². The van der Waals surface area contributed by atoms with Gasteiger partial charge >= 0.3 is 12.4 Å². The molecule has 238 valence electrons. The summed E-state index contributed by atoms with van der Waals surface area (Å²) in [6, 6.07) is 10.2. The molecule has 0 unspecified atom stereocenters. The molecule has 0 amide bonds. The highest BCUT2D eigenvalue weighted by molar-refractivity contribution is 5.94. The summed E-state index contributed by atoms with van der Waals surface area (Å²) in [6.07, 6.45) is -5.07. The molecule has 5 rings (SSSR count). The molecular weight excluding hydrogens is 586 g/mol. The highest BCUT2D eigenvalue weighted by atomic mass is 19.4. The second-order valence-electron chi connectivity index (χ2n) is 11.6. The zero-order chi connectivity index (χ0) is 31.5. The first-order valence-electron chi connectivity index (χ1n) is 14.6. The maximum atomic E-state index is 13.6. The van der Waals surface area contributed by atoms with Crippen molar-refractivity contribution in [3.8, 4) is 17.6 Å². The van der Waals surface area contributed by atoms with E-state index >= 15 is 0 Å². The fourth-order valence-corrected chi connectivity index (χ4v) is 6.17. The van der Waals surface area contributed by atoms with Crippen LogP contribution in [0.4, 0.5) is 37.7 Å². The van der Waals surface area contributed by atoms with Crippen LogP contribution in [0.15, 0.2) is 42.5 Å². The number of halogens is 6. The first-order valence-corrected chi connectivity index (χ1v) is 14.6. The topological polar surface area (TPSA) is 50.7 Å². The highest BCUT2D eigenvalue weighted by Gasteiger charge is 2.37. The lowest BCUT2D eigenvalue weighted by atomic mass is 9.79. The van der Waals surface area contributed by atoms with Crippen LogP contribution in [-0.2, 0) is 17.5 Å². The number of methoxy groups -OCH3 is 1. The maximum Gasteiger partial charge on any atom is 0.416 e. The Morgan fingerprint density at radius 2 is 1.73 bits per heavy atom. The Kier molecular flexibility index (Phi) is 9.28. The summed E-state index contributed by atoms with van der Waals surface area (Å²) in [5.74, 6) is 5.63. The Balaban J connectivity index is 1.33. The molecule has 1 aliphatic carbocycles. The standard InChI is InChI=1S/C32H36F6N4O2/c1-30(41-15-17-44-18-16-41)12-10-23(11-13-30)40-26-6-3-7-28-25(26)20-24(42(28)21-31(33,34)35)5-4-14-39-27-9-8-22(32(36,37)38)19-29(27)43-2/h3,6-9,19-20,23,39-40H,10-18,21H2,1-2H3. The summed E-state index contributed by atoms with van der Waals surface area (Å²) in [6.45, 7) is 4.43. The Morgan fingerprint density at radius 1 is 1.00 bits per heavy atom. The summed E-state index contributed by atoms with van der Waals surface area (Å²) in [5, 5.41) is 7.14. The van der Waals surface area contributed by atoms with Crippen molar-refractivity contribution in [1.82, 2.24) is 9.47 Å². The average Bonchev–Trinajstić information content (AvgIpc) is 3.33. The van der Waals surface area contributed by atoms with E-state index < -0.39 is 24.5 Å². The molecule has 0 atom stereocenters. The largest absolute Gasteiger partial charge is 0.495 e. The van der Waals surface area contributed by atoms with Gasteiger partial charge in [-0.2, -0.15) is 26.3 Å². The fraction of sp³-hybridized carbons (Fsp3) is 0.500. The SMILES string of the molecule is COc1cc(C(F)(F)F)ccc1NCC#Cc1cc2c(NC3CCC(C)(N4CCOCC4)CC3)cccc2n1CC(F)(F)F. The number of alkyl halides is 6.